The van der Waals surface area contributed by atoms with Crippen LogP contribution in [0.4, 0.5) is 5.69 Å². The summed E-state index contributed by atoms with van der Waals surface area (Å²) in [5.74, 6) is -0.343. The smallest absolute Gasteiger partial charge is 0.304 e. The number of anilines is 1. The van der Waals surface area contributed by atoms with Gasteiger partial charge in [0.15, 0.2) is 0 Å². The first-order valence-corrected chi connectivity index (χ1v) is 6.18. The highest BCUT2D eigenvalue weighted by Gasteiger charge is 2.11. The lowest BCUT2D eigenvalue weighted by molar-refractivity contribution is -0.137. The molecule has 0 aliphatic rings. The molecule has 0 spiro atoms. The van der Waals surface area contributed by atoms with Crippen LogP contribution in [-0.2, 0) is 4.79 Å². The molecule has 100 valence electrons. The van der Waals surface area contributed by atoms with Gasteiger partial charge in [-0.25, -0.2) is 0 Å². The van der Waals surface area contributed by atoms with Crippen molar-refractivity contribution in [2.75, 3.05) is 18.5 Å². The maximum Gasteiger partial charge on any atom is 0.304 e. The van der Waals surface area contributed by atoms with E-state index < -0.39 is 5.97 Å². The van der Waals surface area contributed by atoms with Gasteiger partial charge in [0.2, 0.25) is 0 Å². The molecule has 0 saturated heterocycles. The number of nitrogens with zero attached hydrogens (tertiary/aromatic N) is 1. The lowest BCUT2D eigenvalue weighted by atomic mass is 10.0. The van der Waals surface area contributed by atoms with E-state index in [1.54, 1.807) is 0 Å². The monoisotopic (exact) mass is 250 g/mol. The average Bonchev–Trinajstić information content (AvgIpc) is 2.27. The molecule has 0 fully saturated rings. The maximum absolute atomic E-state index is 10.5. The first-order valence-electron chi connectivity index (χ1n) is 6.18. The molecule has 0 amide bonds. The van der Waals surface area contributed by atoms with Gasteiger partial charge in [-0.2, -0.15) is 0 Å². The Morgan fingerprint density at radius 3 is 2.33 bits per heavy atom. The molecule has 1 aromatic carbocycles. The van der Waals surface area contributed by atoms with E-state index in [1.807, 2.05) is 24.1 Å². The van der Waals surface area contributed by atoms with Crippen LogP contribution in [0.2, 0.25) is 0 Å². The van der Waals surface area contributed by atoms with E-state index in [2.05, 4.69) is 26.0 Å². The lowest BCUT2D eigenvalue weighted by Gasteiger charge is -2.23. The summed E-state index contributed by atoms with van der Waals surface area (Å²) in [5.41, 5.74) is 8.12. The van der Waals surface area contributed by atoms with E-state index >= 15 is 0 Å². The van der Waals surface area contributed by atoms with E-state index in [9.17, 15) is 4.79 Å². The number of benzene rings is 1. The molecular weight excluding hydrogens is 228 g/mol. The Morgan fingerprint density at radius 1 is 1.33 bits per heavy atom. The molecule has 0 bridgehead atoms. The highest BCUT2D eigenvalue weighted by molar-refractivity contribution is 5.67. The summed E-state index contributed by atoms with van der Waals surface area (Å²) >= 11 is 0. The van der Waals surface area contributed by atoms with Crippen LogP contribution in [0.25, 0.3) is 0 Å². The van der Waals surface area contributed by atoms with Gasteiger partial charge in [0, 0.05) is 25.3 Å². The van der Waals surface area contributed by atoms with Crippen LogP contribution in [0.1, 0.15) is 31.7 Å². The van der Waals surface area contributed by atoms with Crippen molar-refractivity contribution in [1.29, 1.82) is 0 Å². The molecule has 1 aromatic rings. The van der Waals surface area contributed by atoms with Crippen molar-refractivity contribution >= 4 is 11.7 Å². The van der Waals surface area contributed by atoms with Crippen molar-refractivity contribution in [3.8, 4) is 0 Å². The van der Waals surface area contributed by atoms with Crippen molar-refractivity contribution in [2.24, 2.45) is 5.73 Å². The quantitative estimate of drug-likeness (QED) is 0.811. The molecule has 0 aliphatic heterocycles. The highest BCUT2D eigenvalue weighted by atomic mass is 16.4. The summed E-state index contributed by atoms with van der Waals surface area (Å²) in [6.45, 7) is 4.84. The summed E-state index contributed by atoms with van der Waals surface area (Å²) in [7, 11) is 1.92. The first-order chi connectivity index (χ1) is 8.40. The third-order valence-corrected chi connectivity index (χ3v) is 2.95. The molecule has 18 heavy (non-hydrogen) atoms. The number of nitrogens with two attached hydrogens (primary N) is 1. The number of carbonyl (C=O) groups is 1. The highest BCUT2D eigenvalue weighted by Crippen LogP contribution is 2.19. The van der Waals surface area contributed by atoms with Crippen molar-refractivity contribution < 1.29 is 9.90 Å². The fourth-order valence-corrected chi connectivity index (χ4v) is 1.86. The predicted octanol–water partition coefficient (Wildman–Crippen LogP) is 2.05. The Balaban J connectivity index is 2.61. The molecule has 1 unspecified atom stereocenters. The Kier molecular flexibility index (Phi) is 5.16. The third-order valence-electron chi connectivity index (χ3n) is 2.95. The molecule has 0 radical (unpaired) electrons. The topological polar surface area (TPSA) is 66.6 Å². The molecule has 0 aromatic heterocycles. The fraction of sp³-hybridized carbons (Fsp3) is 0.500. The summed E-state index contributed by atoms with van der Waals surface area (Å²) in [6.07, 6.45) is -0.00554. The van der Waals surface area contributed by atoms with Gasteiger partial charge >= 0.3 is 5.97 Å². The van der Waals surface area contributed by atoms with Gasteiger partial charge in [-0.05, 0) is 23.6 Å². The van der Waals surface area contributed by atoms with E-state index in [4.69, 9.17) is 10.8 Å². The Morgan fingerprint density at radius 2 is 1.89 bits per heavy atom. The van der Waals surface area contributed by atoms with E-state index in [1.165, 1.54) is 5.56 Å². The summed E-state index contributed by atoms with van der Waals surface area (Å²) in [5, 5.41) is 8.67. The van der Waals surface area contributed by atoms with E-state index in [-0.39, 0.29) is 12.5 Å². The number of carboxylic acid groups (broad SMARTS) is 1. The predicted molar refractivity (Wildman–Crippen MR) is 74.0 cm³/mol. The number of hydrogen-bond acceptors (Lipinski definition) is 3. The zero-order chi connectivity index (χ0) is 13.7. The van der Waals surface area contributed by atoms with Gasteiger partial charge in [-0.3, -0.25) is 4.79 Å². The number of likely N-dealkylation sites (N-methyl/N-ethyl adjacent to an activating group) is 1. The number of carboxylic acids is 1. The second kappa shape index (κ2) is 6.40. The van der Waals surface area contributed by atoms with Crippen molar-refractivity contribution in [2.45, 2.75) is 32.2 Å². The van der Waals surface area contributed by atoms with Gasteiger partial charge in [0.25, 0.3) is 0 Å². The third kappa shape index (κ3) is 4.37. The zero-order valence-electron chi connectivity index (χ0n) is 11.3. The van der Waals surface area contributed by atoms with Gasteiger partial charge in [-0.15, -0.1) is 0 Å². The maximum atomic E-state index is 10.5. The van der Waals surface area contributed by atoms with Gasteiger partial charge in [0.05, 0.1) is 6.42 Å². The fourth-order valence-electron chi connectivity index (χ4n) is 1.86. The van der Waals surface area contributed by atoms with Crippen LogP contribution in [0, 0.1) is 0 Å². The lowest BCUT2D eigenvalue weighted by Crippen LogP contribution is -2.36. The van der Waals surface area contributed by atoms with Crippen molar-refractivity contribution in [1.82, 2.24) is 0 Å². The van der Waals surface area contributed by atoms with Gasteiger partial charge < -0.3 is 15.7 Å². The summed E-state index contributed by atoms with van der Waals surface area (Å²) in [4.78, 5) is 12.5. The normalized spacial score (nSPS) is 12.5. The van der Waals surface area contributed by atoms with E-state index in [0.29, 0.717) is 12.5 Å². The molecule has 0 saturated carbocycles. The largest absolute Gasteiger partial charge is 0.481 e. The van der Waals surface area contributed by atoms with Crippen LogP contribution in [0.5, 0.6) is 0 Å². The molecule has 4 nitrogen and oxygen atoms in total. The number of hydrogen-bond donors (Lipinski definition) is 2. The standard InChI is InChI=1S/C14H22N2O2/c1-10(2)11-4-6-13(7-5-11)16(3)9-12(15)8-14(17)18/h4-7,10,12H,8-9,15H2,1-3H3,(H,17,18). The van der Waals surface area contributed by atoms with Crippen LogP contribution < -0.4 is 10.6 Å². The molecule has 1 atom stereocenters. The van der Waals surface area contributed by atoms with Crippen LogP contribution in [0.3, 0.4) is 0 Å². The van der Waals surface area contributed by atoms with E-state index in [0.717, 1.165) is 5.69 Å². The second-order valence-electron chi connectivity index (χ2n) is 4.98. The SMILES string of the molecule is CC(C)c1ccc(N(C)CC(N)CC(=O)O)cc1. The Bertz CT molecular complexity index is 387. The van der Waals surface area contributed by atoms with Crippen molar-refractivity contribution in [3.63, 3.8) is 0 Å². The van der Waals surface area contributed by atoms with Gasteiger partial charge in [-0.1, -0.05) is 26.0 Å². The van der Waals surface area contributed by atoms with Crippen LogP contribution in [0.15, 0.2) is 24.3 Å². The van der Waals surface area contributed by atoms with Crippen LogP contribution in [-0.4, -0.2) is 30.7 Å². The molecule has 3 N–H and O–H groups in total. The van der Waals surface area contributed by atoms with Crippen molar-refractivity contribution in [3.05, 3.63) is 29.8 Å². The minimum atomic E-state index is -0.856. The molecule has 1 rings (SSSR count). The Labute approximate surface area is 108 Å². The second-order valence-corrected chi connectivity index (χ2v) is 4.98. The Hall–Kier alpha value is -1.55. The molecule has 0 heterocycles. The minimum Gasteiger partial charge on any atom is -0.481 e. The zero-order valence-corrected chi connectivity index (χ0v) is 11.3. The average molecular weight is 250 g/mol. The minimum absolute atomic E-state index is 0.00554. The molecular formula is C14H22N2O2. The summed E-state index contributed by atoms with van der Waals surface area (Å²) < 4.78 is 0. The molecule has 4 heteroatoms. The number of aliphatic carboxylic acids is 1. The number of rotatable bonds is 6. The first kappa shape index (κ1) is 14.5. The van der Waals surface area contributed by atoms with Gasteiger partial charge in [0.1, 0.15) is 0 Å². The molecule has 0 aliphatic carbocycles. The van der Waals surface area contributed by atoms with Crippen LogP contribution >= 0.6 is 0 Å². The summed E-state index contributed by atoms with van der Waals surface area (Å²) in [6, 6.07) is 7.93.